The van der Waals surface area contributed by atoms with Gasteiger partial charge in [0, 0.05) is 23.2 Å². The van der Waals surface area contributed by atoms with Gasteiger partial charge in [-0.25, -0.2) is 0 Å². The molecule has 0 aromatic heterocycles. The average Bonchev–Trinajstić information content (AvgIpc) is 3.17. The molecule has 7 atom stereocenters. The molecule has 5 aliphatic rings. The van der Waals surface area contributed by atoms with Crippen LogP contribution in [0.2, 0.25) is 0 Å². The van der Waals surface area contributed by atoms with E-state index in [1.165, 1.54) is 5.57 Å². The van der Waals surface area contributed by atoms with Crippen LogP contribution < -0.4 is 0 Å². The van der Waals surface area contributed by atoms with Gasteiger partial charge in [0.05, 0.1) is 6.10 Å². The Kier molecular flexibility index (Phi) is 2.49. The van der Waals surface area contributed by atoms with E-state index in [4.69, 9.17) is 4.74 Å². The van der Waals surface area contributed by atoms with Crippen LogP contribution in [0.4, 0.5) is 0 Å². The van der Waals surface area contributed by atoms with Gasteiger partial charge in [0.2, 0.25) is 0 Å². The topological polar surface area (TPSA) is 46.7 Å². The first-order chi connectivity index (χ1) is 10.8. The summed E-state index contributed by atoms with van der Waals surface area (Å²) in [5.41, 5.74) is 1.10. The van der Waals surface area contributed by atoms with Crippen molar-refractivity contribution in [3.63, 3.8) is 0 Å². The molecule has 0 aromatic rings. The van der Waals surface area contributed by atoms with Gasteiger partial charge in [0.15, 0.2) is 5.78 Å². The van der Waals surface area contributed by atoms with Gasteiger partial charge in [-0.05, 0) is 50.0 Å². The van der Waals surface area contributed by atoms with Crippen molar-refractivity contribution in [1.29, 1.82) is 0 Å². The highest BCUT2D eigenvalue weighted by Crippen LogP contribution is 2.74. The molecule has 124 valence electrons. The average molecular weight is 314 g/mol. The molecule has 0 amide bonds. The Hall–Kier alpha value is -0.960. The van der Waals surface area contributed by atoms with Crippen molar-refractivity contribution in [2.75, 3.05) is 0 Å². The van der Waals surface area contributed by atoms with Crippen LogP contribution in [0, 0.1) is 28.6 Å². The molecular weight excluding hydrogens is 288 g/mol. The number of ether oxygens (including phenoxy) is 1. The van der Waals surface area contributed by atoms with Crippen LogP contribution in [-0.4, -0.2) is 23.3 Å². The molecule has 1 saturated heterocycles. The molecular formula is C20H26O3. The van der Waals surface area contributed by atoms with Crippen molar-refractivity contribution in [1.82, 2.24) is 0 Å². The summed E-state index contributed by atoms with van der Waals surface area (Å²) in [6, 6.07) is 0. The molecule has 1 aliphatic heterocycles. The molecule has 4 fully saturated rings. The van der Waals surface area contributed by atoms with E-state index in [-0.39, 0.29) is 34.2 Å². The SMILES string of the molecule is C[C@@H]1C[C@H]2[C@@H]3CCC4=CC(=O)CC[C@]4(C)[C@@]34O[C@@H]4C[C@]2(C)C1=O. The van der Waals surface area contributed by atoms with Crippen LogP contribution in [0.1, 0.15) is 59.3 Å². The van der Waals surface area contributed by atoms with E-state index in [1.807, 2.05) is 6.08 Å². The van der Waals surface area contributed by atoms with Crippen molar-refractivity contribution in [3.8, 4) is 0 Å². The van der Waals surface area contributed by atoms with Crippen molar-refractivity contribution in [2.45, 2.75) is 71.0 Å². The Morgan fingerprint density at radius 1 is 1.17 bits per heavy atom. The lowest BCUT2D eigenvalue weighted by Crippen LogP contribution is -2.57. The standard InChI is InChI=1S/C20H26O3/c1-11-8-15-14-5-4-12-9-13(21)6-7-19(12,3)20(14)16(23-20)10-18(15,2)17(11)22/h9,11,14-16H,4-8,10H2,1-3H3/t11-,14+,15+,16-,18+,19+,20-/m1/s1. The minimum absolute atomic E-state index is 0.0186. The predicted molar refractivity (Wildman–Crippen MR) is 85.8 cm³/mol. The zero-order valence-electron chi connectivity index (χ0n) is 14.4. The van der Waals surface area contributed by atoms with Crippen LogP contribution in [0.25, 0.3) is 0 Å². The van der Waals surface area contributed by atoms with Crippen LogP contribution in [0.15, 0.2) is 11.6 Å². The van der Waals surface area contributed by atoms with E-state index in [0.717, 1.165) is 32.1 Å². The molecule has 0 aromatic carbocycles. The predicted octanol–water partition coefficient (Wildman–Crippen LogP) is 3.46. The molecule has 0 radical (unpaired) electrons. The molecule has 3 nitrogen and oxygen atoms in total. The van der Waals surface area contributed by atoms with E-state index < -0.39 is 0 Å². The molecule has 1 heterocycles. The highest BCUT2D eigenvalue weighted by atomic mass is 16.6. The van der Waals surface area contributed by atoms with Gasteiger partial charge in [0.1, 0.15) is 11.4 Å². The summed E-state index contributed by atoms with van der Waals surface area (Å²) in [7, 11) is 0. The van der Waals surface area contributed by atoms with Gasteiger partial charge in [-0.15, -0.1) is 0 Å². The van der Waals surface area contributed by atoms with E-state index in [1.54, 1.807) is 0 Å². The van der Waals surface area contributed by atoms with Crippen LogP contribution in [-0.2, 0) is 14.3 Å². The smallest absolute Gasteiger partial charge is 0.155 e. The second-order valence-electron chi connectivity index (χ2n) is 9.24. The number of ketones is 2. The first kappa shape index (κ1) is 14.4. The summed E-state index contributed by atoms with van der Waals surface area (Å²) in [6.45, 7) is 6.65. The number of epoxide rings is 1. The molecule has 3 heteroatoms. The number of carbonyl (C=O) groups excluding carboxylic acids is 2. The number of hydrogen-bond acceptors (Lipinski definition) is 3. The van der Waals surface area contributed by atoms with Crippen molar-refractivity contribution < 1.29 is 14.3 Å². The summed E-state index contributed by atoms with van der Waals surface area (Å²) >= 11 is 0. The molecule has 3 saturated carbocycles. The van der Waals surface area contributed by atoms with Gasteiger partial charge in [-0.1, -0.05) is 26.3 Å². The summed E-state index contributed by atoms with van der Waals surface area (Å²) in [4.78, 5) is 24.7. The van der Waals surface area contributed by atoms with Gasteiger partial charge in [0.25, 0.3) is 0 Å². The normalized spacial score (nSPS) is 57.1. The Morgan fingerprint density at radius 3 is 2.74 bits per heavy atom. The lowest BCUT2D eigenvalue weighted by molar-refractivity contribution is -0.132. The summed E-state index contributed by atoms with van der Waals surface area (Å²) < 4.78 is 6.46. The fraction of sp³-hybridized carbons (Fsp3) is 0.800. The van der Waals surface area contributed by atoms with E-state index in [0.29, 0.717) is 24.0 Å². The first-order valence-electron chi connectivity index (χ1n) is 9.29. The fourth-order valence-electron chi connectivity index (χ4n) is 7.13. The second-order valence-corrected chi connectivity index (χ2v) is 9.24. The molecule has 0 bridgehead atoms. The van der Waals surface area contributed by atoms with Crippen LogP contribution in [0.5, 0.6) is 0 Å². The van der Waals surface area contributed by atoms with Crippen LogP contribution >= 0.6 is 0 Å². The zero-order valence-corrected chi connectivity index (χ0v) is 14.4. The third-order valence-corrected chi connectivity index (χ3v) is 8.34. The number of rotatable bonds is 0. The summed E-state index contributed by atoms with van der Waals surface area (Å²) in [5.74, 6) is 1.93. The lowest BCUT2D eigenvalue weighted by atomic mass is 9.47. The summed E-state index contributed by atoms with van der Waals surface area (Å²) in [6.07, 6.45) is 7.76. The maximum atomic E-state index is 12.8. The highest BCUT2D eigenvalue weighted by Gasteiger charge is 2.79. The first-order valence-corrected chi connectivity index (χ1v) is 9.29. The fourth-order valence-corrected chi connectivity index (χ4v) is 7.13. The third kappa shape index (κ3) is 1.43. The van der Waals surface area contributed by atoms with E-state index in [9.17, 15) is 9.59 Å². The summed E-state index contributed by atoms with van der Waals surface area (Å²) in [5, 5.41) is 0. The Bertz CT molecular complexity index is 664. The number of hydrogen-bond donors (Lipinski definition) is 0. The van der Waals surface area contributed by atoms with Crippen LogP contribution in [0.3, 0.4) is 0 Å². The van der Waals surface area contributed by atoms with Gasteiger partial charge < -0.3 is 4.74 Å². The van der Waals surface area contributed by atoms with Gasteiger partial charge >= 0.3 is 0 Å². The largest absolute Gasteiger partial charge is 0.365 e. The number of carbonyl (C=O) groups is 2. The van der Waals surface area contributed by atoms with E-state index in [2.05, 4.69) is 20.8 Å². The quantitative estimate of drug-likeness (QED) is 0.643. The molecule has 23 heavy (non-hydrogen) atoms. The van der Waals surface area contributed by atoms with Gasteiger partial charge in [-0.2, -0.15) is 0 Å². The van der Waals surface area contributed by atoms with Crippen molar-refractivity contribution in [3.05, 3.63) is 11.6 Å². The Balaban J connectivity index is 1.61. The lowest BCUT2D eigenvalue weighted by Gasteiger charge is -2.54. The minimum Gasteiger partial charge on any atom is -0.365 e. The Labute approximate surface area is 137 Å². The number of fused-ring (bicyclic) bond motifs is 3. The third-order valence-electron chi connectivity index (χ3n) is 8.34. The van der Waals surface area contributed by atoms with Gasteiger partial charge in [-0.3, -0.25) is 9.59 Å². The molecule has 0 unspecified atom stereocenters. The van der Waals surface area contributed by atoms with Crippen molar-refractivity contribution in [2.24, 2.45) is 28.6 Å². The minimum atomic E-state index is -0.170. The maximum absolute atomic E-state index is 12.8. The molecule has 1 spiro atoms. The molecule has 4 aliphatic carbocycles. The molecule has 0 N–H and O–H groups in total. The maximum Gasteiger partial charge on any atom is 0.155 e. The Morgan fingerprint density at radius 2 is 1.96 bits per heavy atom. The highest BCUT2D eigenvalue weighted by molar-refractivity contribution is 5.92. The number of Topliss-reactive ketones (excluding diaryl/α,β-unsaturated/α-hetero) is 1. The van der Waals surface area contributed by atoms with E-state index >= 15 is 0 Å². The monoisotopic (exact) mass is 314 g/mol. The zero-order chi connectivity index (χ0) is 16.2. The van der Waals surface area contributed by atoms with Crippen molar-refractivity contribution >= 4 is 11.6 Å². The molecule has 5 rings (SSSR count). The second kappa shape index (κ2) is 3.99.